The number of nitrogens with zero attached hydrogens (tertiary/aromatic N) is 2. The van der Waals surface area contributed by atoms with Crippen molar-refractivity contribution in [1.29, 1.82) is 0 Å². The number of para-hydroxylation sites is 1. The minimum atomic E-state index is -0.503. The summed E-state index contributed by atoms with van der Waals surface area (Å²) in [6, 6.07) is 8.08. The predicted octanol–water partition coefficient (Wildman–Crippen LogP) is 4.31. The number of benzene rings is 1. The Morgan fingerprint density at radius 1 is 1.17 bits per heavy atom. The van der Waals surface area contributed by atoms with E-state index < -0.39 is 4.92 Å². The van der Waals surface area contributed by atoms with Crippen LogP contribution in [-0.4, -0.2) is 9.91 Å². The van der Waals surface area contributed by atoms with Gasteiger partial charge in [-0.2, -0.15) is 0 Å². The number of nitro benzene ring substituents is 1. The van der Waals surface area contributed by atoms with Gasteiger partial charge in [0.05, 0.1) is 13.9 Å². The van der Waals surface area contributed by atoms with Crippen LogP contribution in [0.25, 0.3) is 0 Å². The SMILES string of the molecule is O=[N+]([O-])c1cccc(Br)c1Oc1ncccc1Br. The van der Waals surface area contributed by atoms with Crippen LogP contribution in [0.3, 0.4) is 0 Å². The second-order valence-corrected chi connectivity index (χ2v) is 4.95. The summed E-state index contributed by atoms with van der Waals surface area (Å²) in [5.74, 6) is 0.398. The van der Waals surface area contributed by atoms with Gasteiger partial charge < -0.3 is 4.74 Å². The van der Waals surface area contributed by atoms with Crippen LogP contribution in [0.4, 0.5) is 5.69 Å². The molecule has 0 saturated heterocycles. The van der Waals surface area contributed by atoms with Gasteiger partial charge >= 0.3 is 5.69 Å². The molecule has 7 heteroatoms. The predicted molar refractivity (Wildman–Crippen MR) is 72.8 cm³/mol. The normalized spacial score (nSPS) is 10.1. The average Bonchev–Trinajstić information content (AvgIpc) is 2.34. The standard InChI is InChI=1S/C11H6Br2N2O3/c12-7-3-1-5-9(15(16)17)10(7)18-11-8(13)4-2-6-14-11/h1-6H. The van der Waals surface area contributed by atoms with E-state index in [1.54, 1.807) is 30.5 Å². The molecule has 0 radical (unpaired) electrons. The molecular formula is C11H6Br2N2O3. The van der Waals surface area contributed by atoms with Crippen molar-refractivity contribution in [2.45, 2.75) is 0 Å². The van der Waals surface area contributed by atoms with E-state index in [0.29, 0.717) is 8.95 Å². The maximum absolute atomic E-state index is 10.9. The van der Waals surface area contributed by atoms with Crippen LogP contribution in [0.2, 0.25) is 0 Å². The second-order valence-electron chi connectivity index (χ2n) is 3.24. The van der Waals surface area contributed by atoms with Crippen molar-refractivity contribution in [3.8, 4) is 11.6 Å². The third-order valence-electron chi connectivity index (χ3n) is 2.07. The van der Waals surface area contributed by atoms with E-state index in [1.165, 1.54) is 6.07 Å². The van der Waals surface area contributed by atoms with Gasteiger partial charge in [-0.15, -0.1) is 0 Å². The Morgan fingerprint density at radius 2 is 1.89 bits per heavy atom. The summed E-state index contributed by atoms with van der Waals surface area (Å²) in [5, 5.41) is 10.9. The van der Waals surface area contributed by atoms with E-state index in [9.17, 15) is 10.1 Å². The first kappa shape index (κ1) is 13.0. The first-order valence-electron chi connectivity index (χ1n) is 4.81. The van der Waals surface area contributed by atoms with Gasteiger partial charge in [0.2, 0.25) is 11.6 Å². The van der Waals surface area contributed by atoms with Crippen LogP contribution in [0, 0.1) is 10.1 Å². The van der Waals surface area contributed by atoms with E-state index in [4.69, 9.17) is 4.74 Å². The van der Waals surface area contributed by atoms with Gasteiger partial charge in [-0.1, -0.05) is 6.07 Å². The number of hydrogen-bond donors (Lipinski definition) is 0. The number of rotatable bonds is 3. The first-order valence-corrected chi connectivity index (χ1v) is 6.39. The van der Waals surface area contributed by atoms with Crippen molar-refractivity contribution in [3.05, 3.63) is 55.6 Å². The monoisotopic (exact) mass is 372 g/mol. The summed E-state index contributed by atoms with van der Waals surface area (Å²) in [6.07, 6.45) is 1.54. The number of aromatic nitrogens is 1. The highest BCUT2D eigenvalue weighted by Crippen LogP contribution is 2.38. The molecule has 0 spiro atoms. The molecular weight excluding hydrogens is 368 g/mol. The summed E-state index contributed by atoms with van der Waals surface area (Å²) < 4.78 is 6.60. The Hall–Kier alpha value is -1.47. The van der Waals surface area contributed by atoms with Gasteiger partial charge in [0.15, 0.2) is 0 Å². The summed E-state index contributed by atoms with van der Waals surface area (Å²) in [4.78, 5) is 14.4. The molecule has 1 aromatic heterocycles. The van der Waals surface area contributed by atoms with E-state index in [2.05, 4.69) is 36.8 Å². The average molecular weight is 374 g/mol. The topological polar surface area (TPSA) is 65.3 Å². The van der Waals surface area contributed by atoms with E-state index in [-0.39, 0.29) is 17.3 Å². The number of halogens is 2. The van der Waals surface area contributed by atoms with E-state index in [0.717, 1.165) is 0 Å². The van der Waals surface area contributed by atoms with Gasteiger partial charge in [0, 0.05) is 12.3 Å². The molecule has 0 atom stereocenters. The van der Waals surface area contributed by atoms with Gasteiger partial charge in [-0.05, 0) is 50.1 Å². The molecule has 92 valence electrons. The maximum Gasteiger partial charge on any atom is 0.312 e. The molecule has 2 rings (SSSR count). The van der Waals surface area contributed by atoms with Crippen LogP contribution >= 0.6 is 31.9 Å². The van der Waals surface area contributed by atoms with Gasteiger partial charge in [-0.25, -0.2) is 4.98 Å². The second kappa shape index (κ2) is 5.45. The zero-order valence-corrected chi connectivity index (χ0v) is 12.0. The lowest BCUT2D eigenvalue weighted by Gasteiger charge is -2.08. The summed E-state index contributed by atoms with van der Waals surface area (Å²) in [7, 11) is 0. The quantitative estimate of drug-likeness (QED) is 0.594. The van der Waals surface area contributed by atoms with Crippen LogP contribution in [0.15, 0.2) is 45.5 Å². The highest BCUT2D eigenvalue weighted by Gasteiger charge is 2.19. The molecule has 1 aromatic carbocycles. The van der Waals surface area contributed by atoms with Crippen molar-refractivity contribution in [2.24, 2.45) is 0 Å². The van der Waals surface area contributed by atoms with Crippen molar-refractivity contribution >= 4 is 37.5 Å². The molecule has 0 aliphatic carbocycles. The Balaban J connectivity index is 2.46. The zero-order valence-electron chi connectivity index (χ0n) is 8.84. The molecule has 0 aliphatic heterocycles. The Morgan fingerprint density at radius 3 is 2.56 bits per heavy atom. The lowest BCUT2D eigenvalue weighted by molar-refractivity contribution is -0.385. The van der Waals surface area contributed by atoms with Crippen LogP contribution in [-0.2, 0) is 0 Å². The maximum atomic E-state index is 10.9. The number of pyridine rings is 1. The first-order chi connectivity index (χ1) is 8.59. The van der Waals surface area contributed by atoms with Gasteiger partial charge in [0.25, 0.3) is 0 Å². The van der Waals surface area contributed by atoms with Crippen molar-refractivity contribution < 1.29 is 9.66 Å². The van der Waals surface area contributed by atoms with Crippen LogP contribution < -0.4 is 4.74 Å². The van der Waals surface area contributed by atoms with Crippen molar-refractivity contribution in [1.82, 2.24) is 4.98 Å². The summed E-state index contributed by atoms with van der Waals surface area (Å²) in [5.41, 5.74) is -0.123. The van der Waals surface area contributed by atoms with E-state index >= 15 is 0 Å². The Kier molecular flexibility index (Phi) is 3.93. The molecule has 0 fully saturated rings. The number of nitro groups is 1. The lowest BCUT2D eigenvalue weighted by Crippen LogP contribution is -1.95. The molecule has 2 aromatic rings. The fourth-order valence-corrected chi connectivity index (χ4v) is 2.06. The van der Waals surface area contributed by atoms with Gasteiger partial charge in [-0.3, -0.25) is 10.1 Å². The fraction of sp³-hybridized carbons (Fsp3) is 0. The van der Waals surface area contributed by atoms with Crippen molar-refractivity contribution in [3.63, 3.8) is 0 Å². The smallest absolute Gasteiger partial charge is 0.312 e. The highest BCUT2D eigenvalue weighted by atomic mass is 79.9. The molecule has 0 N–H and O–H groups in total. The third kappa shape index (κ3) is 2.68. The van der Waals surface area contributed by atoms with E-state index in [1.807, 2.05) is 0 Å². The molecule has 0 saturated carbocycles. The summed E-state index contributed by atoms with van der Waals surface area (Å²) in [6.45, 7) is 0. The third-order valence-corrected chi connectivity index (χ3v) is 3.29. The van der Waals surface area contributed by atoms with Crippen molar-refractivity contribution in [2.75, 3.05) is 0 Å². The van der Waals surface area contributed by atoms with Crippen LogP contribution in [0.5, 0.6) is 11.6 Å². The summed E-state index contributed by atoms with van der Waals surface area (Å²) >= 11 is 6.49. The molecule has 18 heavy (non-hydrogen) atoms. The largest absolute Gasteiger partial charge is 0.429 e. The minimum Gasteiger partial charge on any atom is -0.429 e. The molecule has 0 aliphatic rings. The molecule has 0 unspecified atom stereocenters. The highest BCUT2D eigenvalue weighted by molar-refractivity contribution is 9.11. The number of hydrogen-bond acceptors (Lipinski definition) is 4. The number of ether oxygens (including phenoxy) is 1. The van der Waals surface area contributed by atoms with Gasteiger partial charge in [0.1, 0.15) is 0 Å². The van der Waals surface area contributed by atoms with Crippen LogP contribution in [0.1, 0.15) is 0 Å². The molecule has 0 bridgehead atoms. The Labute approximate surface area is 119 Å². The minimum absolute atomic E-state index is 0.123. The Bertz CT molecular complexity index is 605. The molecule has 0 amide bonds. The zero-order chi connectivity index (χ0) is 13.1. The molecule has 1 heterocycles. The lowest BCUT2D eigenvalue weighted by atomic mass is 10.3. The fourth-order valence-electron chi connectivity index (χ4n) is 1.29. The molecule has 5 nitrogen and oxygen atoms in total.